The van der Waals surface area contributed by atoms with Crippen molar-refractivity contribution >= 4 is 11.6 Å². The van der Waals surface area contributed by atoms with Crippen LogP contribution in [0.1, 0.15) is 21.5 Å². The van der Waals surface area contributed by atoms with Gasteiger partial charge < -0.3 is 5.11 Å². The van der Waals surface area contributed by atoms with Crippen LogP contribution in [0.25, 0.3) is 0 Å². The quantitative estimate of drug-likeness (QED) is 0.806. The molecule has 2 aromatic carbocycles. The van der Waals surface area contributed by atoms with E-state index in [-0.39, 0.29) is 11.7 Å². The van der Waals surface area contributed by atoms with Crippen molar-refractivity contribution < 1.29 is 9.90 Å². The number of aliphatic imine (C=N–C) groups is 1. The van der Waals surface area contributed by atoms with Gasteiger partial charge in [0.05, 0.1) is 11.3 Å². The highest BCUT2D eigenvalue weighted by Crippen LogP contribution is 2.23. The zero-order valence-electron chi connectivity index (χ0n) is 8.92. The molecule has 1 amide bonds. The first-order valence-electron chi connectivity index (χ1n) is 5.27. The van der Waals surface area contributed by atoms with E-state index in [2.05, 4.69) is 4.99 Å². The molecule has 0 aromatic heterocycles. The lowest BCUT2D eigenvalue weighted by Gasteiger charge is -2.02. The highest BCUT2D eigenvalue weighted by Gasteiger charge is 2.23. The standard InChI is InChI=1S/C14H9NO2/c16-10-7-5-9(6-8-10)13-11-3-1-2-4-12(11)14(17)15-13/h1-8,16H. The number of carbonyl (C=O) groups is 1. The number of amides is 1. The molecular weight excluding hydrogens is 214 g/mol. The summed E-state index contributed by atoms with van der Waals surface area (Å²) in [6.45, 7) is 0. The number of phenolic OH excluding ortho intramolecular Hbond substituents is 1. The Bertz CT molecular complexity index is 627. The monoisotopic (exact) mass is 223 g/mol. The number of nitrogens with zero attached hydrogens (tertiary/aromatic N) is 1. The summed E-state index contributed by atoms with van der Waals surface area (Å²) >= 11 is 0. The molecule has 3 heteroatoms. The molecular formula is C14H9NO2. The van der Waals surface area contributed by atoms with Gasteiger partial charge in [0.1, 0.15) is 5.75 Å². The zero-order valence-corrected chi connectivity index (χ0v) is 8.92. The molecule has 3 rings (SSSR count). The Morgan fingerprint density at radius 1 is 0.882 bits per heavy atom. The highest BCUT2D eigenvalue weighted by molar-refractivity contribution is 6.27. The summed E-state index contributed by atoms with van der Waals surface area (Å²) in [6.07, 6.45) is 0. The van der Waals surface area contributed by atoms with Crippen molar-refractivity contribution in [1.29, 1.82) is 0 Å². The number of carbonyl (C=O) groups excluding carboxylic acids is 1. The number of hydrogen-bond acceptors (Lipinski definition) is 2. The minimum Gasteiger partial charge on any atom is -0.508 e. The molecule has 0 spiro atoms. The van der Waals surface area contributed by atoms with Gasteiger partial charge in [-0.25, -0.2) is 4.99 Å². The van der Waals surface area contributed by atoms with Gasteiger partial charge in [0.25, 0.3) is 5.91 Å². The third kappa shape index (κ3) is 1.52. The Morgan fingerprint density at radius 3 is 2.24 bits per heavy atom. The van der Waals surface area contributed by atoms with Crippen LogP contribution in [0.5, 0.6) is 5.75 Å². The first kappa shape index (κ1) is 9.78. The molecule has 1 heterocycles. The van der Waals surface area contributed by atoms with E-state index in [1.165, 1.54) is 0 Å². The molecule has 0 unspecified atom stereocenters. The molecule has 1 aliphatic heterocycles. The highest BCUT2D eigenvalue weighted by atomic mass is 16.3. The fourth-order valence-electron chi connectivity index (χ4n) is 1.94. The van der Waals surface area contributed by atoms with E-state index in [1.807, 2.05) is 18.2 Å². The van der Waals surface area contributed by atoms with Gasteiger partial charge in [0.2, 0.25) is 0 Å². The predicted molar refractivity (Wildman–Crippen MR) is 64.5 cm³/mol. The second-order valence-corrected chi connectivity index (χ2v) is 3.86. The van der Waals surface area contributed by atoms with Crippen LogP contribution in [0.2, 0.25) is 0 Å². The molecule has 1 aliphatic rings. The summed E-state index contributed by atoms with van der Waals surface area (Å²) in [6, 6.07) is 14.0. The van der Waals surface area contributed by atoms with Crippen molar-refractivity contribution in [2.24, 2.45) is 4.99 Å². The fraction of sp³-hybridized carbons (Fsp3) is 0. The Balaban J connectivity index is 2.15. The average Bonchev–Trinajstić information content (AvgIpc) is 2.69. The third-order valence-corrected chi connectivity index (χ3v) is 2.77. The van der Waals surface area contributed by atoms with E-state index in [4.69, 9.17) is 0 Å². The van der Waals surface area contributed by atoms with Gasteiger partial charge in [-0.2, -0.15) is 0 Å². The molecule has 1 N–H and O–H groups in total. The van der Waals surface area contributed by atoms with E-state index in [1.54, 1.807) is 30.3 Å². The van der Waals surface area contributed by atoms with Crippen molar-refractivity contribution in [3.8, 4) is 5.75 Å². The fourth-order valence-corrected chi connectivity index (χ4v) is 1.94. The van der Waals surface area contributed by atoms with Crippen LogP contribution in [0, 0.1) is 0 Å². The number of fused-ring (bicyclic) bond motifs is 1. The van der Waals surface area contributed by atoms with Crippen molar-refractivity contribution in [1.82, 2.24) is 0 Å². The molecule has 0 aliphatic carbocycles. The normalized spacial score (nSPS) is 13.4. The Hall–Kier alpha value is -2.42. The number of hydrogen-bond donors (Lipinski definition) is 1. The average molecular weight is 223 g/mol. The van der Waals surface area contributed by atoms with Crippen LogP contribution in [0.3, 0.4) is 0 Å². The van der Waals surface area contributed by atoms with E-state index < -0.39 is 0 Å². The maximum Gasteiger partial charge on any atom is 0.278 e. The van der Waals surface area contributed by atoms with Crippen LogP contribution in [0.15, 0.2) is 53.5 Å². The summed E-state index contributed by atoms with van der Waals surface area (Å²) in [7, 11) is 0. The van der Waals surface area contributed by atoms with Gasteiger partial charge in [0, 0.05) is 11.1 Å². The molecule has 0 fully saturated rings. The van der Waals surface area contributed by atoms with Crippen molar-refractivity contribution in [3.05, 3.63) is 65.2 Å². The minimum absolute atomic E-state index is 0.201. The van der Waals surface area contributed by atoms with Crippen molar-refractivity contribution in [2.45, 2.75) is 0 Å². The Kier molecular flexibility index (Phi) is 2.05. The van der Waals surface area contributed by atoms with Crippen LogP contribution in [0.4, 0.5) is 0 Å². The first-order valence-corrected chi connectivity index (χ1v) is 5.27. The van der Waals surface area contributed by atoms with E-state index in [0.29, 0.717) is 11.3 Å². The van der Waals surface area contributed by atoms with Crippen LogP contribution in [-0.4, -0.2) is 16.7 Å². The number of rotatable bonds is 1. The molecule has 82 valence electrons. The number of phenols is 1. The molecule has 0 saturated carbocycles. The SMILES string of the molecule is O=C1N=C(c2ccc(O)cc2)c2ccccc21. The molecule has 0 bridgehead atoms. The number of aromatic hydroxyl groups is 1. The van der Waals surface area contributed by atoms with Gasteiger partial charge in [0.15, 0.2) is 0 Å². The Morgan fingerprint density at radius 2 is 1.53 bits per heavy atom. The lowest BCUT2D eigenvalue weighted by atomic mass is 10.0. The lowest BCUT2D eigenvalue weighted by molar-refractivity contribution is 0.101. The third-order valence-electron chi connectivity index (χ3n) is 2.77. The van der Waals surface area contributed by atoms with Gasteiger partial charge >= 0.3 is 0 Å². The van der Waals surface area contributed by atoms with Gasteiger partial charge in [-0.15, -0.1) is 0 Å². The van der Waals surface area contributed by atoms with Crippen LogP contribution in [-0.2, 0) is 0 Å². The minimum atomic E-state index is -0.205. The molecule has 2 aromatic rings. The van der Waals surface area contributed by atoms with E-state index in [0.717, 1.165) is 11.1 Å². The molecule has 0 atom stereocenters. The maximum atomic E-state index is 11.7. The second kappa shape index (κ2) is 3.56. The number of benzene rings is 2. The molecule has 0 radical (unpaired) electrons. The van der Waals surface area contributed by atoms with Gasteiger partial charge in [-0.3, -0.25) is 4.79 Å². The van der Waals surface area contributed by atoms with E-state index in [9.17, 15) is 9.90 Å². The topological polar surface area (TPSA) is 49.7 Å². The lowest BCUT2D eigenvalue weighted by Crippen LogP contribution is -1.99. The van der Waals surface area contributed by atoms with E-state index >= 15 is 0 Å². The predicted octanol–water partition coefficient (Wildman–Crippen LogP) is 2.38. The first-order chi connectivity index (χ1) is 8.25. The van der Waals surface area contributed by atoms with Crippen LogP contribution < -0.4 is 0 Å². The maximum absolute atomic E-state index is 11.7. The smallest absolute Gasteiger partial charge is 0.278 e. The second-order valence-electron chi connectivity index (χ2n) is 3.86. The largest absolute Gasteiger partial charge is 0.508 e. The summed E-state index contributed by atoms with van der Waals surface area (Å²) in [5.41, 5.74) is 2.99. The molecule has 0 saturated heterocycles. The van der Waals surface area contributed by atoms with Crippen LogP contribution >= 0.6 is 0 Å². The molecule has 3 nitrogen and oxygen atoms in total. The van der Waals surface area contributed by atoms with Crippen molar-refractivity contribution in [3.63, 3.8) is 0 Å². The van der Waals surface area contributed by atoms with Gasteiger partial charge in [-0.05, 0) is 30.3 Å². The summed E-state index contributed by atoms with van der Waals surface area (Å²) in [5.74, 6) is -0.00404. The summed E-state index contributed by atoms with van der Waals surface area (Å²) in [5, 5.41) is 9.24. The summed E-state index contributed by atoms with van der Waals surface area (Å²) < 4.78 is 0. The zero-order chi connectivity index (χ0) is 11.8. The summed E-state index contributed by atoms with van der Waals surface area (Å²) in [4.78, 5) is 15.7. The molecule has 17 heavy (non-hydrogen) atoms. The van der Waals surface area contributed by atoms with Crippen molar-refractivity contribution in [2.75, 3.05) is 0 Å². The Labute approximate surface area is 98.1 Å². The van der Waals surface area contributed by atoms with Gasteiger partial charge in [-0.1, -0.05) is 18.2 Å².